The van der Waals surface area contributed by atoms with Crippen molar-refractivity contribution in [3.63, 3.8) is 0 Å². The maximum absolute atomic E-state index is 5.60. The fraction of sp³-hybridized carbons (Fsp3) is 0.952. The second-order valence-electron chi connectivity index (χ2n) is 7.24. The molecule has 4 heteroatoms. The molecule has 0 bridgehead atoms. The maximum Gasteiger partial charge on any atom is 0.241 e. The Labute approximate surface area is 168 Å². The molecular weight excluding hydrogens is 346 g/mol. The lowest BCUT2D eigenvalue weighted by Gasteiger charge is -2.21. The molecule has 0 aliphatic heterocycles. The second kappa shape index (κ2) is 20.5. The van der Waals surface area contributed by atoms with Gasteiger partial charge in [-0.05, 0) is 25.1 Å². The van der Waals surface area contributed by atoms with Crippen LogP contribution < -0.4 is 0 Å². The summed E-state index contributed by atoms with van der Waals surface area (Å²) in [7, 11) is 0. The van der Waals surface area contributed by atoms with E-state index in [1.165, 1.54) is 103 Å². The highest BCUT2D eigenvalue weighted by Crippen LogP contribution is 2.12. The first-order chi connectivity index (χ1) is 12.2. The van der Waals surface area contributed by atoms with E-state index in [1.54, 1.807) is 0 Å². The number of thiocarbonyl (C=S) groups is 1. The fourth-order valence-corrected chi connectivity index (χ4v) is 3.38. The van der Waals surface area contributed by atoms with Crippen molar-refractivity contribution in [3.8, 4) is 0 Å². The highest BCUT2D eigenvalue weighted by molar-refractivity contribution is 8.10. The van der Waals surface area contributed by atoms with Crippen LogP contribution in [0.1, 0.15) is 117 Å². The van der Waals surface area contributed by atoms with Crippen LogP contribution in [0.3, 0.4) is 0 Å². The van der Waals surface area contributed by atoms with Crippen LogP contribution >= 0.6 is 24.8 Å². The SMILES string of the molecule is CCCCCCCCCCN(CCCCCCCCCC)OC(=S)S. The third-order valence-electron chi connectivity index (χ3n) is 4.73. The van der Waals surface area contributed by atoms with Crippen molar-refractivity contribution in [2.75, 3.05) is 13.1 Å². The molecule has 0 aromatic rings. The minimum absolute atomic E-state index is 0.346. The van der Waals surface area contributed by atoms with E-state index in [0.717, 1.165) is 13.1 Å². The van der Waals surface area contributed by atoms with Crippen molar-refractivity contribution in [2.45, 2.75) is 117 Å². The van der Waals surface area contributed by atoms with E-state index in [1.807, 2.05) is 5.06 Å². The summed E-state index contributed by atoms with van der Waals surface area (Å²) in [6, 6.07) is 0. The second-order valence-corrected chi connectivity index (χ2v) is 8.32. The Balaban J connectivity index is 3.60. The molecule has 0 aromatic carbocycles. The summed E-state index contributed by atoms with van der Waals surface area (Å²) in [5.41, 5.74) is 0. The number of hydrogen-bond donors (Lipinski definition) is 1. The summed E-state index contributed by atoms with van der Waals surface area (Å²) in [4.78, 5) is 5.60. The molecule has 2 nitrogen and oxygen atoms in total. The molecule has 0 radical (unpaired) electrons. The summed E-state index contributed by atoms with van der Waals surface area (Å²) in [5.74, 6) is 0. The lowest BCUT2D eigenvalue weighted by Crippen LogP contribution is -2.27. The van der Waals surface area contributed by atoms with Crippen LogP contribution in [0.4, 0.5) is 0 Å². The maximum atomic E-state index is 5.60. The summed E-state index contributed by atoms with van der Waals surface area (Å²) in [6.45, 7) is 6.50. The molecule has 0 atom stereocenters. The van der Waals surface area contributed by atoms with Crippen molar-refractivity contribution < 1.29 is 4.84 Å². The highest BCUT2D eigenvalue weighted by Gasteiger charge is 2.07. The van der Waals surface area contributed by atoms with E-state index in [9.17, 15) is 0 Å². The van der Waals surface area contributed by atoms with Crippen LogP contribution in [-0.4, -0.2) is 22.5 Å². The smallest absolute Gasteiger partial charge is 0.241 e. The third-order valence-corrected chi connectivity index (χ3v) is 4.89. The van der Waals surface area contributed by atoms with Gasteiger partial charge in [-0.1, -0.05) is 116 Å². The molecule has 25 heavy (non-hydrogen) atoms. The predicted octanol–water partition coefficient (Wildman–Crippen LogP) is 7.72. The van der Waals surface area contributed by atoms with Gasteiger partial charge in [0.25, 0.3) is 0 Å². The molecule has 0 aliphatic rings. The van der Waals surface area contributed by atoms with Gasteiger partial charge in [0.1, 0.15) is 0 Å². The van der Waals surface area contributed by atoms with Gasteiger partial charge in [-0.3, -0.25) is 0 Å². The van der Waals surface area contributed by atoms with Crippen molar-refractivity contribution in [2.24, 2.45) is 0 Å². The van der Waals surface area contributed by atoms with Crippen molar-refractivity contribution in [1.29, 1.82) is 0 Å². The quantitative estimate of drug-likeness (QED) is 0.105. The average Bonchev–Trinajstić information content (AvgIpc) is 2.58. The monoisotopic (exact) mass is 389 g/mol. The van der Waals surface area contributed by atoms with Gasteiger partial charge in [0.05, 0.1) is 0 Å². The van der Waals surface area contributed by atoms with Crippen molar-refractivity contribution in [3.05, 3.63) is 0 Å². The third kappa shape index (κ3) is 20.4. The van der Waals surface area contributed by atoms with Gasteiger partial charge in [0, 0.05) is 13.1 Å². The van der Waals surface area contributed by atoms with Crippen LogP contribution in [0.2, 0.25) is 0 Å². The van der Waals surface area contributed by atoms with E-state index in [2.05, 4.69) is 26.5 Å². The standard InChI is InChI=1S/C21H43NOS2/c1-3-5-7-9-11-13-15-17-19-22(23-21(24)25)20-18-16-14-12-10-8-6-4-2/h3-20H2,1-2H3,(H,24,25). The van der Waals surface area contributed by atoms with Crippen LogP contribution in [0.25, 0.3) is 0 Å². The first-order valence-corrected chi connectivity index (χ1v) is 11.7. The molecule has 0 N–H and O–H groups in total. The zero-order valence-electron chi connectivity index (χ0n) is 16.9. The number of unbranched alkanes of at least 4 members (excludes halogenated alkanes) is 14. The number of thiol groups is 1. The number of nitrogens with zero attached hydrogens (tertiary/aromatic N) is 1. The highest BCUT2D eigenvalue weighted by atomic mass is 32.1. The minimum atomic E-state index is 0.346. The lowest BCUT2D eigenvalue weighted by molar-refractivity contribution is -0.0676. The van der Waals surface area contributed by atoms with Crippen LogP contribution in [0.5, 0.6) is 0 Å². The topological polar surface area (TPSA) is 12.5 Å². The Morgan fingerprint density at radius 1 is 0.640 bits per heavy atom. The molecule has 0 unspecified atom stereocenters. The Kier molecular flexibility index (Phi) is 20.7. The summed E-state index contributed by atoms with van der Waals surface area (Å²) in [5, 5.41) is 2.03. The fourth-order valence-electron chi connectivity index (χ4n) is 3.16. The van der Waals surface area contributed by atoms with Gasteiger partial charge in [-0.25, -0.2) is 0 Å². The summed E-state index contributed by atoms with van der Waals surface area (Å²) >= 11 is 9.12. The van der Waals surface area contributed by atoms with Gasteiger partial charge in [-0.15, -0.1) is 5.06 Å². The number of rotatable bonds is 19. The zero-order chi connectivity index (χ0) is 18.6. The molecule has 0 amide bonds. The number of hydroxylamine groups is 2. The Bertz CT molecular complexity index is 267. The molecule has 150 valence electrons. The van der Waals surface area contributed by atoms with E-state index in [4.69, 9.17) is 17.1 Å². The number of hydrogen-bond acceptors (Lipinski definition) is 3. The van der Waals surface area contributed by atoms with Gasteiger partial charge in [0.15, 0.2) is 0 Å². The van der Waals surface area contributed by atoms with E-state index in [-0.39, 0.29) is 0 Å². The van der Waals surface area contributed by atoms with E-state index < -0.39 is 0 Å². The predicted molar refractivity (Wildman–Crippen MR) is 119 cm³/mol. The molecule has 0 rings (SSSR count). The molecule has 0 saturated carbocycles. The molecule has 0 saturated heterocycles. The Hall–Kier alpha value is 0.200. The Morgan fingerprint density at radius 2 is 0.960 bits per heavy atom. The molecule has 0 aromatic heterocycles. The van der Waals surface area contributed by atoms with Gasteiger partial charge in [0.2, 0.25) is 4.38 Å². The molecule has 0 aliphatic carbocycles. The van der Waals surface area contributed by atoms with E-state index in [0.29, 0.717) is 4.38 Å². The molecule has 0 heterocycles. The van der Waals surface area contributed by atoms with Gasteiger partial charge in [-0.2, -0.15) is 0 Å². The summed E-state index contributed by atoms with van der Waals surface area (Å²) < 4.78 is 0.346. The van der Waals surface area contributed by atoms with Crippen molar-refractivity contribution in [1.82, 2.24) is 5.06 Å². The van der Waals surface area contributed by atoms with Crippen LogP contribution in [0, 0.1) is 0 Å². The molecule has 0 fully saturated rings. The van der Waals surface area contributed by atoms with Gasteiger partial charge >= 0.3 is 0 Å². The lowest BCUT2D eigenvalue weighted by atomic mass is 10.1. The summed E-state index contributed by atoms with van der Waals surface area (Å²) in [6.07, 6.45) is 21.5. The van der Waals surface area contributed by atoms with Crippen LogP contribution in [-0.2, 0) is 4.84 Å². The van der Waals surface area contributed by atoms with E-state index >= 15 is 0 Å². The van der Waals surface area contributed by atoms with Crippen molar-refractivity contribution >= 4 is 29.2 Å². The van der Waals surface area contributed by atoms with Gasteiger partial charge < -0.3 is 4.84 Å². The normalized spacial score (nSPS) is 11.2. The first kappa shape index (κ1) is 25.2. The zero-order valence-corrected chi connectivity index (χ0v) is 18.6. The minimum Gasteiger partial charge on any atom is -0.387 e. The Morgan fingerprint density at radius 3 is 1.28 bits per heavy atom. The largest absolute Gasteiger partial charge is 0.387 e. The molecule has 0 spiro atoms. The average molecular weight is 390 g/mol. The first-order valence-electron chi connectivity index (χ1n) is 10.9. The van der Waals surface area contributed by atoms with Crippen LogP contribution in [0.15, 0.2) is 0 Å². The molecular formula is C21H43NOS2.